The van der Waals surface area contributed by atoms with E-state index < -0.39 is 11.9 Å². The first-order chi connectivity index (χ1) is 8.15. The van der Waals surface area contributed by atoms with Crippen LogP contribution in [-0.4, -0.2) is 19.0 Å². The van der Waals surface area contributed by atoms with Crippen molar-refractivity contribution >= 4 is 11.9 Å². The van der Waals surface area contributed by atoms with Crippen molar-refractivity contribution in [2.75, 3.05) is 7.11 Å². The van der Waals surface area contributed by atoms with E-state index in [2.05, 4.69) is 4.74 Å². The summed E-state index contributed by atoms with van der Waals surface area (Å²) in [6.45, 7) is 1.86. The van der Waals surface area contributed by atoms with E-state index in [-0.39, 0.29) is 12.8 Å². The summed E-state index contributed by atoms with van der Waals surface area (Å²) in [5, 5.41) is 0. The third-order valence-electron chi connectivity index (χ3n) is 2.19. The lowest BCUT2D eigenvalue weighted by molar-refractivity contribution is -0.159. The Hall–Kier alpha value is -1.84. The molecule has 0 aliphatic heterocycles. The lowest BCUT2D eigenvalue weighted by Gasteiger charge is -2.03. The number of rotatable bonds is 5. The lowest BCUT2D eigenvalue weighted by atomic mass is 10.1. The third-order valence-corrected chi connectivity index (χ3v) is 2.19. The number of carbonyl (C=O) groups excluding carboxylic acids is 2. The van der Waals surface area contributed by atoms with E-state index in [0.29, 0.717) is 6.42 Å². The van der Waals surface area contributed by atoms with Crippen molar-refractivity contribution in [1.29, 1.82) is 0 Å². The molecule has 4 nitrogen and oxygen atoms in total. The molecule has 0 heterocycles. The normalized spacial score (nSPS) is 9.76. The molecule has 0 amide bonds. The first-order valence-electron chi connectivity index (χ1n) is 5.52. The Morgan fingerprint density at radius 2 is 1.76 bits per heavy atom. The van der Waals surface area contributed by atoms with E-state index in [1.165, 1.54) is 0 Å². The predicted octanol–water partition coefficient (Wildman–Crippen LogP) is 2.11. The van der Waals surface area contributed by atoms with Gasteiger partial charge in [0.2, 0.25) is 0 Å². The van der Waals surface area contributed by atoms with Crippen LogP contribution in [0.1, 0.15) is 25.3 Å². The number of ether oxygens (including phenoxy) is 2. The molecule has 4 heteroatoms. The van der Waals surface area contributed by atoms with Crippen molar-refractivity contribution in [2.24, 2.45) is 0 Å². The maximum Gasteiger partial charge on any atom is 0.317 e. The quantitative estimate of drug-likeness (QED) is 0.580. The summed E-state index contributed by atoms with van der Waals surface area (Å²) in [4.78, 5) is 22.5. The summed E-state index contributed by atoms with van der Waals surface area (Å²) in [7, 11) is 1.58. The molecule has 1 aromatic rings. The van der Waals surface area contributed by atoms with E-state index in [1.54, 1.807) is 31.4 Å². The molecule has 1 aromatic carbocycles. The van der Waals surface area contributed by atoms with Crippen LogP contribution in [0, 0.1) is 0 Å². The number of hydrogen-bond acceptors (Lipinski definition) is 4. The standard InChI is InChI=1S/C13H16O4/c1-3-4-12(14)17-13(15)9-10-5-7-11(16-2)8-6-10/h5-8H,3-4,9H2,1-2H3. The van der Waals surface area contributed by atoms with Crippen LogP contribution in [0.25, 0.3) is 0 Å². The topological polar surface area (TPSA) is 52.6 Å². The van der Waals surface area contributed by atoms with Crippen LogP contribution >= 0.6 is 0 Å². The summed E-state index contributed by atoms with van der Waals surface area (Å²) in [5.41, 5.74) is 0.792. The van der Waals surface area contributed by atoms with Crippen LogP contribution in [0.5, 0.6) is 5.75 Å². The van der Waals surface area contributed by atoms with Crippen molar-refractivity contribution in [3.8, 4) is 5.75 Å². The summed E-state index contributed by atoms with van der Waals surface area (Å²) >= 11 is 0. The minimum absolute atomic E-state index is 0.0967. The molecule has 0 fully saturated rings. The largest absolute Gasteiger partial charge is 0.497 e. The Morgan fingerprint density at radius 1 is 1.12 bits per heavy atom. The van der Waals surface area contributed by atoms with Crippen LogP contribution in [-0.2, 0) is 20.7 Å². The number of benzene rings is 1. The highest BCUT2D eigenvalue weighted by molar-refractivity contribution is 5.86. The number of hydrogen-bond donors (Lipinski definition) is 0. The molecule has 0 radical (unpaired) electrons. The van der Waals surface area contributed by atoms with E-state index in [4.69, 9.17) is 4.74 Å². The van der Waals surface area contributed by atoms with Crippen molar-refractivity contribution in [3.05, 3.63) is 29.8 Å². The molecule has 0 bridgehead atoms. The summed E-state index contributed by atoms with van der Waals surface area (Å²) in [6.07, 6.45) is 1.04. The zero-order valence-corrected chi connectivity index (χ0v) is 10.1. The number of methoxy groups -OCH3 is 1. The molecule has 0 saturated carbocycles. The maximum absolute atomic E-state index is 11.4. The number of carbonyl (C=O) groups is 2. The van der Waals surface area contributed by atoms with Crippen LogP contribution < -0.4 is 4.74 Å². The molecule has 0 unspecified atom stereocenters. The monoisotopic (exact) mass is 236 g/mol. The van der Waals surface area contributed by atoms with Gasteiger partial charge in [-0.2, -0.15) is 0 Å². The molecule has 0 N–H and O–H groups in total. The van der Waals surface area contributed by atoms with E-state index in [0.717, 1.165) is 11.3 Å². The lowest BCUT2D eigenvalue weighted by Crippen LogP contribution is -2.13. The SMILES string of the molecule is CCCC(=O)OC(=O)Cc1ccc(OC)cc1. The molecule has 0 aliphatic rings. The highest BCUT2D eigenvalue weighted by atomic mass is 16.6. The Morgan fingerprint density at radius 3 is 2.29 bits per heavy atom. The van der Waals surface area contributed by atoms with Crippen molar-refractivity contribution in [1.82, 2.24) is 0 Å². The Labute approximate surface area is 101 Å². The average Bonchev–Trinajstić information content (AvgIpc) is 2.30. The van der Waals surface area contributed by atoms with Crippen LogP contribution in [0.3, 0.4) is 0 Å². The van der Waals surface area contributed by atoms with Gasteiger partial charge in [0.25, 0.3) is 0 Å². The Kier molecular flexibility index (Phi) is 5.20. The van der Waals surface area contributed by atoms with E-state index in [9.17, 15) is 9.59 Å². The fourth-order valence-corrected chi connectivity index (χ4v) is 1.33. The van der Waals surface area contributed by atoms with Crippen LogP contribution in [0.15, 0.2) is 24.3 Å². The molecule has 1 rings (SSSR count). The second-order valence-electron chi connectivity index (χ2n) is 3.62. The molecule has 0 atom stereocenters. The molecule has 0 saturated heterocycles. The van der Waals surface area contributed by atoms with Gasteiger partial charge in [-0.15, -0.1) is 0 Å². The van der Waals surface area contributed by atoms with Gasteiger partial charge in [-0.1, -0.05) is 19.1 Å². The van der Waals surface area contributed by atoms with Gasteiger partial charge < -0.3 is 9.47 Å². The van der Waals surface area contributed by atoms with Gasteiger partial charge in [0, 0.05) is 6.42 Å². The third kappa shape index (κ3) is 4.68. The first kappa shape index (κ1) is 13.2. The summed E-state index contributed by atoms with van der Waals surface area (Å²) in [5.74, 6) is -0.260. The molecule has 17 heavy (non-hydrogen) atoms. The van der Waals surface area contributed by atoms with Crippen molar-refractivity contribution in [3.63, 3.8) is 0 Å². The minimum atomic E-state index is -0.520. The van der Waals surface area contributed by atoms with Gasteiger partial charge in [-0.25, -0.2) is 0 Å². The highest BCUT2D eigenvalue weighted by Crippen LogP contribution is 2.12. The zero-order valence-electron chi connectivity index (χ0n) is 10.1. The predicted molar refractivity (Wildman–Crippen MR) is 62.7 cm³/mol. The fraction of sp³-hybridized carbons (Fsp3) is 0.385. The zero-order chi connectivity index (χ0) is 12.7. The summed E-state index contributed by atoms with van der Waals surface area (Å²) in [6, 6.07) is 7.06. The van der Waals surface area contributed by atoms with E-state index >= 15 is 0 Å². The maximum atomic E-state index is 11.4. The Balaban J connectivity index is 2.47. The fourth-order valence-electron chi connectivity index (χ4n) is 1.33. The smallest absolute Gasteiger partial charge is 0.317 e. The van der Waals surface area contributed by atoms with E-state index in [1.807, 2.05) is 6.92 Å². The van der Waals surface area contributed by atoms with Gasteiger partial charge in [0.05, 0.1) is 13.5 Å². The molecule has 92 valence electrons. The second-order valence-corrected chi connectivity index (χ2v) is 3.62. The van der Waals surface area contributed by atoms with Gasteiger partial charge in [0.1, 0.15) is 5.75 Å². The summed E-state index contributed by atoms with van der Waals surface area (Å²) < 4.78 is 9.64. The van der Waals surface area contributed by atoms with Crippen molar-refractivity contribution in [2.45, 2.75) is 26.2 Å². The van der Waals surface area contributed by atoms with Crippen molar-refractivity contribution < 1.29 is 19.1 Å². The Bertz CT molecular complexity index is 381. The van der Waals surface area contributed by atoms with Crippen LogP contribution in [0.2, 0.25) is 0 Å². The van der Waals surface area contributed by atoms with Gasteiger partial charge >= 0.3 is 11.9 Å². The molecular formula is C13H16O4. The first-order valence-corrected chi connectivity index (χ1v) is 5.52. The minimum Gasteiger partial charge on any atom is -0.497 e. The molecule has 0 aliphatic carbocycles. The number of esters is 2. The molecule has 0 spiro atoms. The van der Waals surface area contributed by atoms with Gasteiger partial charge in [-0.05, 0) is 24.1 Å². The second kappa shape index (κ2) is 6.68. The van der Waals surface area contributed by atoms with Gasteiger partial charge in [0.15, 0.2) is 0 Å². The molecular weight excluding hydrogens is 220 g/mol. The average molecular weight is 236 g/mol. The van der Waals surface area contributed by atoms with Crippen LogP contribution in [0.4, 0.5) is 0 Å². The molecule has 0 aromatic heterocycles. The highest BCUT2D eigenvalue weighted by Gasteiger charge is 2.10. The van der Waals surface area contributed by atoms with Gasteiger partial charge in [-0.3, -0.25) is 9.59 Å².